The van der Waals surface area contributed by atoms with Crippen LogP contribution in [0.2, 0.25) is 0 Å². The number of para-hydroxylation sites is 1. The number of hydrogen-bond acceptors (Lipinski definition) is 4. The second kappa shape index (κ2) is 15.2. The number of benzene rings is 9. The molecule has 0 amide bonds. The van der Waals surface area contributed by atoms with E-state index in [0.29, 0.717) is 0 Å². The van der Waals surface area contributed by atoms with Crippen molar-refractivity contribution in [2.45, 2.75) is 40.5 Å². The number of furan rings is 1. The van der Waals surface area contributed by atoms with Crippen molar-refractivity contribution in [2.75, 3.05) is 0 Å². The first kappa shape index (κ1) is 39.2. The Balaban J connectivity index is 1.23. The normalized spacial score (nSPS) is 12.4. The molecule has 2 aromatic heterocycles. The molecule has 0 bridgehead atoms. The van der Waals surface area contributed by atoms with Crippen LogP contribution in [0.5, 0.6) is 0 Å². The first-order valence-corrected chi connectivity index (χ1v) is 23.3. The van der Waals surface area contributed by atoms with E-state index in [2.05, 4.69) is 203 Å². The van der Waals surface area contributed by atoms with Crippen LogP contribution in [-0.2, 0) is 12.8 Å². The van der Waals surface area contributed by atoms with Crippen molar-refractivity contribution in [2.24, 2.45) is 0 Å². The van der Waals surface area contributed by atoms with E-state index in [1.165, 1.54) is 89.0 Å². The van der Waals surface area contributed by atoms with Gasteiger partial charge in [0.05, 0.1) is 0 Å². The minimum Gasteiger partial charge on any atom is -0.456 e. The fourth-order valence-electron chi connectivity index (χ4n) is 11.5. The van der Waals surface area contributed by atoms with Crippen LogP contribution in [0.25, 0.3) is 111 Å². The van der Waals surface area contributed by atoms with Crippen molar-refractivity contribution in [3.8, 4) is 89.3 Å². The molecule has 0 saturated heterocycles. The van der Waals surface area contributed by atoms with Gasteiger partial charge in [0.25, 0.3) is 0 Å². The minimum atomic E-state index is 0.773. The zero-order valence-electron chi connectivity index (χ0n) is 37.9. The fourth-order valence-corrected chi connectivity index (χ4v) is 11.5. The van der Waals surface area contributed by atoms with Gasteiger partial charge < -0.3 is 4.42 Å². The number of rotatable bonds is 6. The standard InChI is InChI=1S/C63H45N3O/c1-36-31-49-44-25-13-11-23-42(44)33-51(49)56(38(36)3)53-35-55-59(48-29-17-18-30-54(48)67-55)60(61(53)57-39(4)37(2)32-50-45-26-14-12-24-43(45)34-52(50)57)46-27-15-16-28-47(46)63-58(40-19-7-5-8-20-40)62(64-66-65-63)41-21-9-6-10-22-41/h5-32,35H,33-34H2,1-4H3. The molecule has 13 rings (SSSR count). The summed E-state index contributed by atoms with van der Waals surface area (Å²) in [4.78, 5) is 0. The molecule has 9 aromatic carbocycles. The molecule has 0 radical (unpaired) electrons. The number of aryl methyl sites for hydroxylation is 2. The fraction of sp³-hybridized carbons (Fsp3) is 0.0952. The number of nitrogens with zero attached hydrogens (tertiary/aromatic N) is 3. The van der Waals surface area contributed by atoms with Gasteiger partial charge in [-0.3, -0.25) is 0 Å². The quantitative estimate of drug-likeness (QED) is 0.167. The molecule has 2 aliphatic rings. The van der Waals surface area contributed by atoms with Gasteiger partial charge in [-0.05, 0) is 158 Å². The van der Waals surface area contributed by atoms with E-state index in [1.807, 2.05) is 6.07 Å². The van der Waals surface area contributed by atoms with Crippen molar-refractivity contribution in [1.82, 2.24) is 15.4 Å². The molecule has 0 spiro atoms. The van der Waals surface area contributed by atoms with Crippen molar-refractivity contribution >= 4 is 21.9 Å². The Morgan fingerprint density at radius 2 is 0.896 bits per heavy atom. The van der Waals surface area contributed by atoms with Crippen LogP contribution in [0.15, 0.2) is 180 Å². The summed E-state index contributed by atoms with van der Waals surface area (Å²) in [5.41, 5.74) is 30.2. The lowest BCUT2D eigenvalue weighted by atomic mass is 9.76. The molecule has 4 nitrogen and oxygen atoms in total. The van der Waals surface area contributed by atoms with Crippen molar-refractivity contribution in [1.29, 1.82) is 0 Å². The third-order valence-corrected chi connectivity index (χ3v) is 14.8. The Bertz CT molecular complexity index is 3840. The summed E-state index contributed by atoms with van der Waals surface area (Å²) in [5, 5.41) is 16.6. The second-order valence-corrected chi connectivity index (χ2v) is 18.4. The highest BCUT2D eigenvalue weighted by Crippen LogP contribution is 2.57. The lowest BCUT2D eigenvalue weighted by Gasteiger charge is -2.26. The first-order valence-electron chi connectivity index (χ1n) is 23.3. The summed E-state index contributed by atoms with van der Waals surface area (Å²) in [6.07, 6.45) is 1.70. The van der Waals surface area contributed by atoms with E-state index >= 15 is 0 Å². The minimum absolute atomic E-state index is 0.773. The smallest absolute Gasteiger partial charge is 0.136 e. The van der Waals surface area contributed by atoms with E-state index in [0.717, 1.165) is 79.5 Å². The number of fused-ring (bicyclic) bond motifs is 9. The number of aromatic nitrogens is 3. The lowest BCUT2D eigenvalue weighted by molar-refractivity contribution is 0.669. The summed E-state index contributed by atoms with van der Waals surface area (Å²) in [6.45, 7) is 9.22. The second-order valence-electron chi connectivity index (χ2n) is 18.4. The molecule has 11 aromatic rings. The van der Waals surface area contributed by atoms with Crippen LogP contribution in [0.4, 0.5) is 0 Å². The van der Waals surface area contributed by atoms with E-state index in [4.69, 9.17) is 14.6 Å². The predicted molar refractivity (Wildman–Crippen MR) is 275 cm³/mol. The predicted octanol–water partition coefficient (Wildman–Crippen LogP) is 16.1. The van der Waals surface area contributed by atoms with Crippen LogP contribution in [0.3, 0.4) is 0 Å². The molecule has 2 heterocycles. The van der Waals surface area contributed by atoms with Gasteiger partial charge in [-0.15, -0.1) is 10.2 Å². The maximum atomic E-state index is 7.09. The molecule has 318 valence electrons. The Morgan fingerprint density at radius 1 is 0.373 bits per heavy atom. The van der Waals surface area contributed by atoms with Crippen LogP contribution < -0.4 is 0 Å². The highest BCUT2D eigenvalue weighted by Gasteiger charge is 2.34. The zero-order chi connectivity index (χ0) is 44.9. The maximum absolute atomic E-state index is 7.09. The van der Waals surface area contributed by atoms with Gasteiger partial charge in [0.2, 0.25) is 0 Å². The Morgan fingerprint density at radius 3 is 1.57 bits per heavy atom. The molecule has 0 N–H and O–H groups in total. The molecule has 0 saturated carbocycles. The van der Waals surface area contributed by atoms with E-state index < -0.39 is 0 Å². The molecule has 0 atom stereocenters. The van der Waals surface area contributed by atoms with Crippen LogP contribution in [-0.4, -0.2) is 15.4 Å². The lowest BCUT2D eigenvalue weighted by Crippen LogP contribution is -2.04. The summed E-state index contributed by atoms with van der Waals surface area (Å²) in [6, 6.07) is 63.4. The van der Waals surface area contributed by atoms with Gasteiger partial charge in [0, 0.05) is 33.0 Å². The summed E-state index contributed by atoms with van der Waals surface area (Å²) in [5.74, 6) is 0. The molecular formula is C63H45N3O. The molecular weight excluding hydrogens is 815 g/mol. The summed E-state index contributed by atoms with van der Waals surface area (Å²) >= 11 is 0. The topological polar surface area (TPSA) is 51.8 Å². The van der Waals surface area contributed by atoms with Gasteiger partial charge in [-0.2, -0.15) is 0 Å². The summed E-state index contributed by atoms with van der Waals surface area (Å²) in [7, 11) is 0. The van der Waals surface area contributed by atoms with E-state index in [9.17, 15) is 0 Å². The van der Waals surface area contributed by atoms with Gasteiger partial charge in [0.15, 0.2) is 0 Å². The largest absolute Gasteiger partial charge is 0.456 e. The molecule has 0 unspecified atom stereocenters. The monoisotopic (exact) mass is 859 g/mol. The van der Waals surface area contributed by atoms with Gasteiger partial charge >= 0.3 is 0 Å². The van der Waals surface area contributed by atoms with Crippen LogP contribution >= 0.6 is 0 Å². The van der Waals surface area contributed by atoms with Crippen molar-refractivity contribution in [3.63, 3.8) is 0 Å². The molecule has 67 heavy (non-hydrogen) atoms. The Kier molecular flexibility index (Phi) is 8.88. The third-order valence-electron chi connectivity index (χ3n) is 14.8. The van der Waals surface area contributed by atoms with Crippen LogP contribution in [0.1, 0.15) is 44.5 Å². The molecule has 4 heteroatoms. The van der Waals surface area contributed by atoms with Gasteiger partial charge in [-0.1, -0.05) is 164 Å². The van der Waals surface area contributed by atoms with Crippen molar-refractivity contribution in [3.05, 3.63) is 220 Å². The van der Waals surface area contributed by atoms with E-state index in [-0.39, 0.29) is 0 Å². The summed E-state index contributed by atoms with van der Waals surface area (Å²) < 4.78 is 7.09. The molecule has 0 fully saturated rings. The SMILES string of the molecule is Cc1cc2c(c(-c3cc4oc5ccccc5c4c(-c4ccccc4-c4nnnc(-c5ccccc5)c4-c4ccccc4)c3-c3c(C)c(C)cc4c3Cc3ccccc3-4)c1C)Cc1ccccc1-2. The Hall–Kier alpha value is -8.21. The average Bonchev–Trinajstić information content (AvgIpc) is 4.06. The Labute approximate surface area is 390 Å². The van der Waals surface area contributed by atoms with Crippen molar-refractivity contribution < 1.29 is 4.42 Å². The number of hydrogen-bond donors (Lipinski definition) is 0. The zero-order valence-corrected chi connectivity index (χ0v) is 37.9. The van der Waals surface area contributed by atoms with Crippen LogP contribution in [0, 0.1) is 27.7 Å². The first-order chi connectivity index (χ1) is 32.9. The average molecular weight is 860 g/mol. The highest BCUT2D eigenvalue weighted by atomic mass is 16.3. The maximum Gasteiger partial charge on any atom is 0.136 e. The van der Waals surface area contributed by atoms with Gasteiger partial charge in [-0.25, -0.2) is 0 Å². The highest BCUT2D eigenvalue weighted by molar-refractivity contribution is 6.21. The van der Waals surface area contributed by atoms with E-state index in [1.54, 1.807) is 0 Å². The third kappa shape index (κ3) is 5.96. The molecule has 0 aliphatic heterocycles. The van der Waals surface area contributed by atoms with Gasteiger partial charge in [0.1, 0.15) is 22.6 Å². The molecule has 2 aliphatic carbocycles.